The molecule has 0 spiro atoms. The highest BCUT2D eigenvalue weighted by Crippen LogP contribution is 2.25. The summed E-state index contributed by atoms with van der Waals surface area (Å²) in [7, 11) is 0. The molecule has 1 aromatic carbocycles. The van der Waals surface area contributed by atoms with E-state index in [0.29, 0.717) is 28.7 Å². The zero-order chi connectivity index (χ0) is 17.8. The molecule has 1 N–H and O–H groups in total. The van der Waals surface area contributed by atoms with Crippen LogP contribution in [0.25, 0.3) is 11.3 Å². The molecule has 2 heterocycles. The molecule has 0 aliphatic carbocycles. The first-order valence-corrected chi connectivity index (χ1v) is 8.25. The number of aryl methyl sites for hydroxylation is 2. The van der Waals surface area contributed by atoms with Gasteiger partial charge in [0.25, 0.3) is 5.91 Å². The molecule has 0 aliphatic rings. The number of hydrogen-bond donors (Lipinski definition) is 1. The van der Waals surface area contributed by atoms with Crippen LogP contribution in [0.1, 0.15) is 54.1 Å². The number of carbonyl (C=O) groups is 1. The Morgan fingerprint density at radius 3 is 2.68 bits per heavy atom. The molecule has 25 heavy (non-hydrogen) atoms. The molecule has 7 nitrogen and oxygen atoms in total. The fraction of sp³-hybridized carbons (Fsp3) is 0.333. The molecular weight excluding hydrogens is 320 g/mol. The normalized spacial score (nSPS) is 12.1. The summed E-state index contributed by atoms with van der Waals surface area (Å²) >= 11 is 0. The summed E-state index contributed by atoms with van der Waals surface area (Å²) < 4.78 is 10.5. The second kappa shape index (κ2) is 7.29. The van der Waals surface area contributed by atoms with Crippen LogP contribution in [0.3, 0.4) is 0 Å². The molecule has 7 heteroatoms. The summed E-state index contributed by atoms with van der Waals surface area (Å²) in [6.07, 6.45) is 1.67. The van der Waals surface area contributed by atoms with Gasteiger partial charge in [-0.2, -0.15) is 4.98 Å². The first-order chi connectivity index (χ1) is 12.1. The van der Waals surface area contributed by atoms with Gasteiger partial charge in [0.1, 0.15) is 23.1 Å². The average Bonchev–Trinajstić information content (AvgIpc) is 3.23. The lowest BCUT2D eigenvalue weighted by atomic mass is 10.1. The third kappa shape index (κ3) is 3.60. The molecule has 0 bridgehead atoms. The maximum Gasteiger partial charge on any atom is 0.257 e. The van der Waals surface area contributed by atoms with Crippen LogP contribution >= 0.6 is 0 Å². The van der Waals surface area contributed by atoms with Crippen molar-refractivity contribution in [3.8, 4) is 11.3 Å². The second-order valence-electron chi connectivity index (χ2n) is 5.82. The van der Waals surface area contributed by atoms with Gasteiger partial charge in [-0.1, -0.05) is 47.6 Å². The van der Waals surface area contributed by atoms with Crippen LogP contribution in [0, 0.1) is 6.92 Å². The van der Waals surface area contributed by atoms with Crippen molar-refractivity contribution in [3.05, 3.63) is 53.4 Å². The third-order valence-corrected chi connectivity index (χ3v) is 3.81. The van der Waals surface area contributed by atoms with Gasteiger partial charge in [-0.25, -0.2) is 0 Å². The maximum absolute atomic E-state index is 12.7. The maximum atomic E-state index is 12.7. The van der Waals surface area contributed by atoms with Gasteiger partial charge in [0.2, 0.25) is 5.89 Å². The van der Waals surface area contributed by atoms with Crippen LogP contribution in [0.5, 0.6) is 0 Å². The molecule has 3 rings (SSSR count). The quantitative estimate of drug-likeness (QED) is 0.738. The molecule has 1 amide bonds. The van der Waals surface area contributed by atoms with Crippen LogP contribution in [0.15, 0.2) is 39.4 Å². The fourth-order valence-electron chi connectivity index (χ4n) is 2.53. The number of amides is 1. The number of nitrogens with zero attached hydrogens (tertiary/aromatic N) is 3. The monoisotopic (exact) mass is 340 g/mol. The average molecular weight is 340 g/mol. The molecular formula is C18H20N4O3. The van der Waals surface area contributed by atoms with E-state index < -0.39 is 6.04 Å². The number of aromatic nitrogens is 3. The van der Waals surface area contributed by atoms with Crippen LogP contribution in [0.2, 0.25) is 0 Å². The summed E-state index contributed by atoms with van der Waals surface area (Å²) in [6.45, 7) is 5.55. The van der Waals surface area contributed by atoms with E-state index in [1.54, 1.807) is 13.8 Å². The Morgan fingerprint density at radius 1 is 1.20 bits per heavy atom. The number of nitrogens with one attached hydrogen (secondary N) is 1. The Morgan fingerprint density at radius 2 is 1.96 bits per heavy atom. The molecule has 0 aliphatic heterocycles. The summed E-state index contributed by atoms with van der Waals surface area (Å²) in [5, 5.41) is 10.8. The van der Waals surface area contributed by atoms with Gasteiger partial charge in [0, 0.05) is 12.0 Å². The van der Waals surface area contributed by atoms with Crippen molar-refractivity contribution in [2.45, 2.75) is 39.7 Å². The van der Waals surface area contributed by atoms with Gasteiger partial charge in [-0.3, -0.25) is 4.79 Å². The highest BCUT2D eigenvalue weighted by atomic mass is 16.5. The summed E-state index contributed by atoms with van der Waals surface area (Å²) in [5.41, 5.74) is 1.74. The van der Waals surface area contributed by atoms with Gasteiger partial charge in [0.15, 0.2) is 5.82 Å². The van der Waals surface area contributed by atoms with E-state index >= 15 is 0 Å². The zero-order valence-electron chi connectivity index (χ0n) is 14.4. The molecule has 3 aromatic rings. The van der Waals surface area contributed by atoms with Crippen LogP contribution in [0.4, 0.5) is 0 Å². The Balaban J connectivity index is 1.80. The van der Waals surface area contributed by atoms with Crippen molar-refractivity contribution in [1.82, 2.24) is 20.6 Å². The van der Waals surface area contributed by atoms with Gasteiger partial charge < -0.3 is 14.4 Å². The largest absolute Gasteiger partial charge is 0.360 e. The topological polar surface area (TPSA) is 94.1 Å². The van der Waals surface area contributed by atoms with Gasteiger partial charge in [-0.05, 0) is 20.3 Å². The van der Waals surface area contributed by atoms with Crippen molar-refractivity contribution >= 4 is 5.91 Å². The molecule has 0 saturated heterocycles. The minimum absolute atomic E-state index is 0.291. The first-order valence-electron chi connectivity index (χ1n) is 8.25. The van der Waals surface area contributed by atoms with Crippen molar-refractivity contribution in [2.75, 3.05) is 0 Å². The zero-order valence-corrected chi connectivity index (χ0v) is 14.4. The standard InChI is InChI=1S/C18H20N4O3/c1-4-8-14-20-18(25-21-14)11(2)19-17(23)15-12(3)24-22-16(15)13-9-6-5-7-10-13/h5-7,9-11H,4,8H2,1-3H3,(H,19,23). The minimum atomic E-state index is -0.413. The van der Waals surface area contributed by atoms with E-state index in [2.05, 4.69) is 20.6 Å². The van der Waals surface area contributed by atoms with Gasteiger partial charge in [0.05, 0.1) is 0 Å². The highest BCUT2D eigenvalue weighted by molar-refractivity contribution is 6.00. The third-order valence-electron chi connectivity index (χ3n) is 3.81. The number of benzene rings is 1. The van der Waals surface area contributed by atoms with E-state index in [1.807, 2.05) is 37.3 Å². The molecule has 2 aromatic heterocycles. The molecule has 1 atom stereocenters. The van der Waals surface area contributed by atoms with Crippen molar-refractivity contribution in [2.24, 2.45) is 0 Å². The summed E-state index contributed by atoms with van der Waals surface area (Å²) in [6, 6.07) is 9.03. The summed E-state index contributed by atoms with van der Waals surface area (Å²) in [4.78, 5) is 17.0. The van der Waals surface area contributed by atoms with Gasteiger partial charge in [-0.15, -0.1) is 0 Å². The Kier molecular flexibility index (Phi) is 4.92. The van der Waals surface area contributed by atoms with E-state index in [9.17, 15) is 4.79 Å². The van der Waals surface area contributed by atoms with Crippen LogP contribution in [-0.2, 0) is 6.42 Å². The lowest BCUT2D eigenvalue weighted by molar-refractivity contribution is 0.0931. The second-order valence-corrected chi connectivity index (χ2v) is 5.82. The molecule has 1 unspecified atom stereocenters. The Bertz CT molecular complexity index is 854. The van der Waals surface area contributed by atoms with Gasteiger partial charge >= 0.3 is 0 Å². The van der Waals surface area contributed by atoms with Crippen molar-refractivity contribution in [3.63, 3.8) is 0 Å². The Labute approximate surface area is 145 Å². The summed E-state index contributed by atoms with van der Waals surface area (Å²) in [5.74, 6) is 1.19. The predicted molar refractivity (Wildman–Crippen MR) is 90.9 cm³/mol. The van der Waals surface area contributed by atoms with E-state index in [1.165, 1.54) is 0 Å². The van der Waals surface area contributed by atoms with E-state index in [4.69, 9.17) is 9.05 Å². The number of carbonyl (C=O) groups excluding carboxylic acids is 1. The molecule has 0 fully saturated rings. The lowest BCUT2D eigenvalue weighted by Gasteiger charge is -2.10. The van der Waals surface area contributed by atoms with Crippen LogP contribution in [-0.4, -0.2) is 21.2 Å². The SMILES string of the molecule is CCCc1noc(C(C)NC(=O)c2c(-c3ccccc3)noc2C)n1. The Hall–Kier alpha value is -2.96. The van der Waals surface area contributed by atoms with Crippen molar-refractivity contribution < 1.29 is 13.8 Å². The molecule has 0 radical (unpaired) electrons. The number of rotatable bonds is 6. The first kappa shape index (κ1) is 16.9. The van der Waals surface area contributed by atoms with E-state index in [0.717, 1.165) is 18.4 Å². The predicted octanol–water partition coefficient (Wildman–Crippen LogP) is 3.48. The smallest absolute Gasteiger partial charge is 0.257 e. The lowest BCUT2D eigenvalue weighted by Crippen LogP contribution is -2.27. The van der Waals surface area contributed by atoms with Crippen molar-refractivity contribution in [1.29, 1.82) is 0 Å². The van der Waals surface area contributed by atoms with E-state index in [-0.39, 0.29) is 5.91 Å². The minimum Gasteiger partial charge on any atom is -0.360 e. The molecule has 130 valence electrons. The number of hydrogen-bond acceptors (Lipinski definition) is 6. The molecule has 0 saturated carbocycles. The highest BCUT2D eigenvalue weighted by Gasteiger charge is 2.24. The van der Waals surface area contributed by atoms with Crippen LogP contribution < -0.4 is 5.32 Å². The fourth-order valence-corrected chi connectivity index (χ4v) is 2.53.